The third-order valence-corrected chi connectivity index (χ3v) is 7.24. The first-order valence-electron chi connectivity index (χ1n) is 9.72. The van der Waals surface area contributed by atoms with Crippen LogP contribution in [-0.2, 0) is 20.7 Å². The van der Waals surface area contributed by atoms with Crippen LogP contribution in [-0.4, -0.2) is 20.9 Å². The van der Waals surface area contributed by atoms with Gasteiger partial charge in [-0.05, 0) is 60.7 Å². The molecular weight excluding hydrogens is 440 g/mol. The fourth-order valence-corrected chi connectivity index (χ4v) is 5.71. The maximum atomic E-state index is 9.63. The van der Waals surface area contributed by atoms with Gasteiger partial charge in [0.1, 0.15) is 9.84 Å². The second-order valence-electron chi connectivity index (χ2n) is 6.96. The number of hydrogen-bond donors (Lipinski definition) is 0. The van der Waals surface area contributed by atoms with Gasteiger partial charge in [-0.3, -0.25) is 0 Å². The van der Waals surface area contributed by atoms with Crippen molar-refractivity contribution in [1.82, 2.24) is 0 Å². The van der Waals surface area contributed by atoms with E-state index in [1.165, 1.54) is 24.5 Å². The summed E-state index contributed by atoms with van der Waals surface area (Å²) < 4.78 is 19.3. The maximum Gasteiger partial charge on any atom is 0.166 e. The Bertz CT molecular complexity index is 1110. The number of sulfone groups is 1. The van der Waals surface area contributed by atoms with Crippen molar-refractivity contribution in [2.24, 2.45) is 0 Å². The molecule has 0 radical (unpaired) electrons. The monoisotopic (exact) mass is 465 g/mol. The smallest absolute Gasteiger partial charge is 0.166 e. The van der Waals surface area contributed by atoms with Gasteiger partial charge < -0.3 is 0 Å². The van der Waals surface area contributed by atoms with E-state index < -0.39 is 9.84 Å². The quantitative estimate of drug-likeness (QED) is 0.312. The fourth-order valence-electron chi connectivity index (χ4n) is 2.79. The summed E-state index contributed by atoms with van der Waals surface area (Å²) in [5.74, 6) is 0. The molecule has 2 nitrogen and oxygen atoms in total. The van der Waals surface area contributed by atoms with E-state index in [1.807, 2.05) is 0 Å². The molecule has 0 aromatic heterocycles. The predicted molar refractivity (Wildman–Crippen MR) is 133 cm³/mol. The molecule has 0 saturated heterocycles. The van der Waals surface area contributed by atoms with Gasteiger partial charge in [-0.2, -0.15) is 0 Å². The highest BCUT2D eigenvalue weighted by atomic mass is 32.2. The minimum absolute atomic E-state index is 0.0786. The van der Waals surface area contributed by atoms with Crippen LogP contribution in [0.4, 0.5) is 0 Å². The molecule has 0 fully saturated rings. The lowest BCUT2D eigenvalue weighted by Gasteiger charge is -2.08. The van der Waals surface area contributed by atoms with E-state index in [4.69, 9.17) is 0 Å². The zero-order valence-corrected chi connectivity index (χ0v) is 20.0. The van der Waals surface area contributed by atoms with Crippen LogP contribution in [0.25, 0.3) is 0 Å². The zero-order valence-electron chi connectivity index (χ0n) is 17.5. The van der Waals surface area contributed by atoms with E-state index in [0.717, 1.165) is 12.5 Å². The summed E-state index contributed by atoms with van der Waals surface area (Å²) >= 11 is 1.80. The van der Waals surface area contributed by atoms with Gasteiger partial charge in [0.2, 0.25) is 0 Å². The van der Waals surface area contributed by atoms with Crippen molar-refractivity contribution in [2.75, 3.05) is 12.5 Å². The SMILES string of the molecule is CS(C)(=O)=O.c1ccc(Sc2ccc([S+](c3ccccc3)c3ccccc3)cc2)cc1. The minimum atomic E-state index is -2.67. The van der Waals surface area contributed by atoms with E-state index in [0.29, 0.717) is 0 Å². The van der Waals surface area contributed by atoms with E-state index in [-0.39, 0.29) is 10.9 Å². The third-order valence-electron chi connectivity index (χ3n) is 4.00. The molecule has 0 unspecified atom stereocenters. The molecule has 4 rings (SSSR count). The van der Waals surface area contributed by atoms with Gasteiger partial charge in [-0.15, -0.1) is 0 Å². The molecule has 0 aliphatic carbocycles. The van der Waals surface area contributed by atoms with Gasteiger partial charge in [0.15, 0.2) is 14.7 Å². The van der Waals surface area contributed by atoms with Gasteiger partial charge in [-0.25, -0.2) is 8.42 Å². The first-order valence-corrected chi connectivity index (χ1v) is 14.1. The molecule has 0 atom stereocenters. The summed E-state index contributed by atoms with van der Waals surface area (Å²) in [6, 6.07) is 41.1. The Morgan fingerprint density at radius 3 is 1.26 bits per heavy atom. The van der Waals surface area contributed by atoms with Crippen LogP contribution in [0.2, 0.25) is 0 Å². The standard InChI is InChI=1S/C24H19S2.C2H6O2S/c1-4-10-20(11-5-1)25-21-16-18-24(19-17-21)26(22-12-6-2-7-13-22)23-14-8-3-9-15-23;1-5(2,3)4/h1-19H;1-2H3/q+1;. The van der Waals surface area contributed by atoms with Crippen LogP contribution in [0, 0.1) is 0 Å². The Kier molecular flexibility index (Phi) is 8.41. The van der Waals surface area contributed by atoms with Crippen LogP contribution in [0.3, 0.4) is 0 Å². The first-order chi connectivity index (χ1) is 14.9. The van der Waals surface area contributed by atoms with Crippen LogP contribution in [0.5, 0.6) is 0 Å². The Morgan fingerprint density at radius 1 is 0.516 bits per heavy atom. The highest BCUT2D eigenvalue weighted by Crippen LogP contribution is 2.33. The normalized spacial score (nSPS) is 10.9. The average molecular weight is 466 g/mol. The van der Waals surface area contributed by atoms with E-state index in [9.17, 15) is 8.42 Å². The van der Waals surface area contributed by atoms with Crippen molar-refractivity contribution in [3.63, 3.8) is 0 Å². The molecule has 4 aromatic rings. The Morgan fingerprint density at radius 2 is 0.839 bits per heavy atom. The van der Waals surface area contributed by atoms with Crippen LogP contribution < -0.4 is 0 Å². The Labute approximate surface area is 192 Å². The van der Waals surface area contributed by atoms with Crippen molar-refractivity contribution < 1.29 is 8.42 Å². The van der Waals surface area contributed by atoms with Crippen molar-refractivity contribution in [3.05, 3.63) is 115 Å². The molecule has 0 spiro atoms. The highest BCUT2D eigenvalue weighted by molar-refractivity contribution is 7.99. The number of benzene rings is 4. The lowest BCUT2D eigenvalue weighted by Crippen LogP contribution is -2.04. The molecule has 0 amide bonds. The molecule has 31 heavy (non-hydrogen) atoms. The summed E-state index contributed by atoms with van der Waals surface area (Å²) in [4.78, 5) is 6.58. The molecule has 5 heteroatoms. The summed E-state index contributed by atoms with van der Waals surface area (Å²) in [7, 11) is -2.75. The molecule has 0 saturated carbocycles. The molecule has 4 aromatic carbocycles. The predicted octanol–water partition coefficient (Wildman–Crippen LogP) is 6.59. The first kappa shape index (κ1) is 23.2. The summed E-state index contributed by atoms with van der Waals surface area (Å²) in [6.45, 7) is 0. The highest BCUT2D eigenvalue weighted by Gasteiger charge is 2.27. The Hall–Kier alpha value is -2.47. The van der Waals surface area contributed by atoms with Gasteiger partial charge in [0.25, 0.3) is 0 Å². The number of rotatable bonds is 5. The van der Waals surface area contributed by atoms with Crippen LogP contribution in [0.15, 0.2) is 140 Å². The minimum Gasteiger partial charge on any atom is -0.229 e. The third kappa shape index (κ3) is 7.94. The molecule has 158 valence electrons. The van der Waals surface area contributed by atoms with Crippen LogP contribution in [0.1, 0.15) is 0 Å². The molecule has 0 bridgehead atoms. The summed E-state index contributed by atoms with van der Waals surface area (Å²) in [6.07, 6.45) is 2.32. The van der Waals surface area contributed by atoms with Crippen molar-refractivity contribution in [3.8, 4) is 0 Å². The largest absolute Gasteiger partial charge is 0.229 e. The van der Waals surface area contributed by atoms with Gasteiger partial charge in [0, 0.05) is 22.3 Å². The fraction of sp³-hybridized carbons (Fsp3) is 0.0769. The molecule has 0 aliphatic rings. The average Bonchev–Trinajstić information content (AvgIpc) is 2.76. The van der Waals surface area contributed by atoms with Gasteiger partial charge in [0.05, 0.1) is 10.9 Å². The van der Waals surface area contributed by atoms with Crippen molar-refractivity contribution in [2.45, 2.75) is 24.5 Å². The second kappa shape index (κ2) is 11.2. The molecule has 0 heterocycles. The van der Waals surface area contributed by atoms with E-state index in [2.05, 4.69) is 115 Å². The second-order valence-corrected chi connectivity index (χ2v) is 12.4. The zero-order chi connectivity index (χ0) is 22.1. The van der Waals surface area contributed by atoms with Gasteiger partial charge >= 0.3 is 0 Å². The molecule has 0 N–H and O–H groups in total. The molecule has 0 aliphatic heterocycles. The Balaban J connectivity index is 0.000000491. The van der Waals surface area contributed by atoms with E-state index >= 15 is 0 Å². The van der Waals surface area contributed by atoms with Crippen LogP contribution >= 0.6 is 11.8 Å². The maximum absolute atomic E-state index is 9.63. The number of hydrogen-bond acceptors (Lipinski definition) is 3. The summed E-state index contributed by atoms with van der Waals surface area (Å²) in [5.41, 5.74) is 0. The lowest BCUT2D eigenvalue weighted by molar-refractivity contribution is 0.607. The van der Waals surface area contributed by atoms with Gasteiger partial charge in [-0.1, -0.05) is 66.4 Å². The summed E-state index contributed by atoms with van der Waals surface area (Å²) in [5, 5.41) is 0. The lowest BCUT2D eigenvalue weighted by atomic mass is 10.3. The van der Waals surface area contributed by atoms with Crippen molar-refractivity contribution in [1.29, 1.82) is 0 Å². The molecular formula is C26H25O2S3+. The van der Waals surface area contributed by atoms with Crippen molar-refractivity contribution >= 4 is 32.5 Å². The topological polar surface area (TPSA) is 34.1 Å². The van der Waals surface area contributed by atoms with E-state index in [1.54, 1.807) is 11.8 Å².